The Hall–Kier alpha value is -4.34. The number of hydrogen-bond donors (Lipinski definition) is 3. The van der Waals surface area contributed by atoms with Crippen LogP contribution in [0.15, 0.2) is 65.8 Å². The highest BCUT2D eigenvalue weighted by Gasteiger charge is 2.21. The highest BCUT2D eigenvalue weighted by Crippen LogP contribution is 2.37. The number of hydrogen-bond acceptors (Lipinski definition) is 6. The third-order valence-electron chi connectivity index (χ3n) is 7.27. The first-order valence-corrected chi connectivity index (χ1v) is 13.2. The summed E-state index contributed by atoms with van der Waals surface area (Å²) < 4.78 is 22.2. The van der Waals surface area contributed by atoms with Crippen molar-refractivity contribution < 1.29 is 19.0 Å². The number of benzene rings is 3. The Morgan fingerprint density at radius 3 is 2.41 bits per heavy atom. The van der Waals surface area contributed by atoms with Gasteiger partial charge in [-0.2, -0.15) is 0 Å². The minimum Gasteiger partial charge on any atom is -0.496 e. The molecule has 0 atom stereocenters. The molecule has 0 saturated heterocycles. The van der Waals surface area contributed by atoms with Gasteiger partial charge in [0.2, 0.25) is 0 Å². The highest BCUT2D eigenvalue weighted by molar-refractivity contribution is 6.04. The van der Waals surface area contributed by atoms with E-state index < -0.39 is 22.8 Å². The summed E-state index contributed by atoms with van der Waals surface area (Å²) in [4.78, 5) is 29.2. The maximum atomic E-state index is 15.4. The van der Waals surface area contributed by atoms with Crippen molar-refractivity contribution in [3.8, 4) is 28.0 Å². The van der Waals surface area contributed by atoms with E-state index >= 15 is 4.39 Å². The first-order valence-electron chi connectivity index (χ1n) is 13.2. The van der Waals surface area contributed by atoms with E-state index in [1.165, 1.54) is 37.3 Å². The number of carbonyl (C=O) groups excluding carboxylic acids is 1. The smallest absolute Gasteiger partial charge is 0.265 e. The first-order chi connectivity index (χ1) is 19.5. The molecule has 0 unspecified atom stereocenters. The molecule has 41 heavy (non-hydrogen) atoms. The number of amides is 1. The topological polar surface area (TPSA) is 105 Å². The molecule has 0 fully saturated rings. The Balaban J connectivity index is 1.70. The van der Waals surface area contributed by atoms with E-state index in [-0.39, 0.29) is 18.7 Å². The number of aromatic nitrogens is 2. The van der Waals surface area contributed by atoms with Crippen molar-refractivity contribution in [2.24, 2.45) is 7.05 Å². The summed E-state index contributed by atoms with van der Waals surface area (Å²) in [7, 11) is 3.05. The number of nitrogens with zero attached hydrogens (tertiary/aromatic N) is 2. The molecule has 0 aliphatic rings. The number of nitrogens with one attached hydrogen (secondary N) is 2. The summed E-state index contributed by atoms with van der Waals surface area (Å²) in [6.45, 7) is 7.65. The van der Waals surface area contributed by atoms with Crippen LogP contribution in [0.2, 0.25) is 0 Å². The normalized spacial score (nSPS) is 11.4. The maximum Gasteiger partial charge on any atom is 0.265 e. The summed E-state index contributed by atoms with van der Waals surface area (Å²) in [5.41, 5.74) is 4.95. The van der Waals surface area contributed by atoms with Gasteiger partial charge in [0, 0.05) is 36.6 Å². The van der Waals surface area contributed by atoms with Gasteiger partial charge in [-0.25, -0.2) is 9.37 Å². The van der Waals surface area contributed by atoms with Crippen LogP contribution in [0.4, 0.5) is 10.1 Å². The number of aliphatic hydroxyl groups excluding tert-OH is 1. The second-order valence-electron chi connectivity index (χ2n) is 10.7. The van der Waals surface area contributed by atoms with Gasteiger partial charge in [0.15, 0.2) is 0 Å². The van der Waals surface area contributed by atoms with Crippen molar-refractivity contribution in [3.63, 3.8) is 0 Å². The van der Waals surface area contributed by atoms with Crippen LogP contribution in [-0.2, 0) is 13.6 Å². The van der Waals surface area contributed by atoms with Gasteiger partial charge in [-0.3, -0.25) is 9.59 Å². The van der Waals surface area contributed by atoms with Gasteiger partial charge in [-0.1, -0.05) is 30.3 Å². The molecule has 4 aromatic rings. The van der Waals surface area contributed by atoms with E-state index in [1.807, 2.05) is 64.1 Å². The highest BCUT2D eigenvalue weighted by atomic mass is 19.1. The predicted octanol–water partition coefficient (Wildman–Crippen LogP) is 4.99. The minimum absolute atomic E-state index is 0.0486. The number of halogens is 1. The summed E-state index contributed by atoms with van der Waals surface area (Å²) >= 11 is 0. The van der Waals surface area contributed by atoms with Crippen molar-refractivity contribution >= 4 is 11.6 Å². The van der Waals surface area contributed by atoms with E-state index in [2.05, 4.69) is 15.6 Å². The molecule has 1 amide bonds. The van der Waals surface area contributed by atoms with E-state index in [1.54, 1.807) is 6.07 Å². The van der Waals surface area contributed by atoms with E-state index in [0.29, 0.717) is 22.6 Å². The lowest BCUT2D eigenvalue weighted by atomic mass is 9.90. The quantitative estimate of drug-likeness (QED) is 0.267. The second kappa shape index (κ2) is 12.0. The van der Waals surface area contributed by atoms with E-state index in [9.17, 15) is 14.7 Å². The number of aliphatic hydroxyl groups is 1. The fourth-order valence-electron chi connectivity index (χ4n) is 4.66. The average Bonchev–Trinajstić information content (AvgIpc) is 2.95. The fourth-order valence-corrected chi connectivity index (χ4v) is 4.66. The minimum atomic E-state index is -0.569. The van der Waals surface area contributed by atoms with Gasteiger partial charge in [-0.05, 0) is 79.3 Å². The zero-order valence-electron chi connectivity index (χ0n) is 24.1. The van der Waals surface area contributed by atoms with Gasteiger partial charge in [0.05, 0.1) is 20.0 Å². The van der Waals surface area contributed by atoms with Gasteiger partial charge >= 0.3 is 0 Å². The van der Waals surface area contributed by atoms with Crippen molar-refractivity contribution in [2.75, 3.05) is 19.0 Å². The van der Waals surface area contributed by atoms with Crippen molar-refractivity contribution in [1.29, 1.82) is 0 Å². The van der Waals surface area contributed by atoms with Crippen molar-refractivity contribution in [2.45, 2.75) is 39.8 Å². The number of anilines is 1. The molecule has 0 aliphatic heterocycles. The molecule has 0 radical (unpaired) electrons. The molecular weight excluding hydrogens is 523 g/mol. The number of aryl methyl sites for hydroxylation is 1. The lowest BCUT2D eigenvalue weighted by Gasteiger charge is -2.24. The zero-order valence-corrected chi connectivity index (χ0v) is 24.1. The second-order valence-corrected chi connectivity index (χ2v) is 10.7. The molecule has 0 bridgehead atoms. The zero-order chi connectivity index (χ0) is 29.9. The van der Waals surface area contributed by atoms with Gasteiger partial charge in [0.1, 0.15) is 17.1 Å². The van der Waals surface area contributed by atoms with Crippen LogP contribution in [0, 0.1) is 19.7 Å². The van der Waals surface area contributed by atoms with E-state index in [4.69, 9.17) is 4.74 Å². The number of carbonyl (C=O) groups is 1. The van der Waals surface area contributed by atoms with Crippen LogP contribution >= 0.6 is 0 Å². The molecule has 3 aromatic carbocycles. The third-order valence-corrected chi connectivity index (χ3v) is 7.27. The third kappa shape index (κ3) is 6.21. The number of rotatable bonds is 9. The Bertz CT molecular complexity index is 1660. The monoisotopic (exact) mass is 558 g/mol. The molecule has 9 heteroatoms. The lowest BCUT2D eigenvalue weighted by molar-refractivity contribution is 0.102. The molecule has 3 N–H and O–H groups in total. The van der Waals surface area contributed by atoms with Crippen LogP contribution in [-0.4, -0.2) is 39.8 Å². The molecule has 4 rings (SSSR count). The van der Waals surface area contributed by atoms with Crippen LogP contribution in [0.25, 0.3) is 22.3 Å². The Labute approximate surface area is 238 Å². The maximum absolute atomic E-state index is 15.4. The Morgan fingerprint density at radius 1 is 1.07 bits per heavy atom. The summed E-state index contributed by atoms with van der Waals surface area (Å²) in [6.07, 6.45) is 2.61. The van der Waals surface area contributed by atoms with Gasteiger partial charge in [-0.15, -0.1) is 0 Å². The molecule has 1 aromatic heterocycles. The molecule has 0 saturated carbocycles. The van der Waals surface area contributed by atoms with Crippen LogP contribution in [0.1, 0.15) is 40.9 Å². The summed E-state index contributed by atoms with van der Waals surface area (Å²) in [5, 5.41) is 15.5. The molecule has 1 heterocycles. The van der Waals surface area contributed by atoms with Crippen LogP contribution in [0.3, 0.4) is 0 Å². The predicted molar refractivity (Wildman–Crippen MR) is 159 cm³/mol. The number of methoxy groups -OCH3 is 1. The molecule has 0 spiro atoms. The molecule has 8 nitrogen and oxygen atoms in total. The van der Waals surface area contributed by atoms with Gasteiger partial charge in [0.25, 0.3) is 11.5 Å². The molecule has 0 aliphatic carbocycles. The SMILES string of the molecule is COc1cc(-c2cccc(-c3cccc(NC(=O)c4cncn(C)c4=O)c3C)c2C)cc(F)c1CNC(C)(C)CO. The largest absolute Gasteiger partial charge is 0.496 e. The Kier molecular flexibility index (Phi) is 8.70. The van der Waals surface area contributed by atoms with Crippen molar-refractivity contribution in [1.82, 2.24) is 14.9 Å². The summed E-state index contributed by atoms with van der Waals surface area (Å²) in [6, 6.07) is 14.7. The average molecular weight is 559 g/mol. The van der Waals surface area contributed by atoms with Crippen molar-refractivity contribution in [3.05, 3.63) is 99.5 Å². The van der Waals surface area contributed by atoms with Crippen LogP contribution in [0.5, 0.6) is 5.75 Å². The first kappa shape index (κ1) is 29.6. The Morgan fingerprint density at radius 2 is 1.73 bits per heavy atom. The van der Waals surface area contributed by atoms with Crippen LogP contribution < -0.4 is 20.9 Å². The van der Waals surface area contributed by atoms with Gasteiger partial charge < -0.3 is 25.0 Å². The summed E-state index contributed by atoms with van der Waals surface area (Å²) in [5.74, 6) is -0.537. The lowest BCUT2D eigenvalue weighted by Crippen LogP contribution is -2.42. The standard InChI is InChI=1S/C32H35FN4O4/c1-19-22(21-13-27(33)25(29(14-21)41-6)16-35-32(3,4)17-38)9-7-10-23(19)24-11-8-12-28(20(24)2)36-30(39)26-15-34-18-37(5)31(26)40/h7-15,18,35,38H,16-17H2,1-6H3,(H,36,39). The fraction of sp³-hybridized carbons (Fsp3) is 0.281. The molecular formula is C32H35FN4O4. The molecule has 214 valence electrons. The number of ether oxygens (including phenoxy) is 1. The van der Waals surface area contributed by atoms with E-state index in [0.717, 1.165) is 27.8 Å².